The van der Waals surface area contributed by atoms with Crippen molar-refractivity contribution < 1.29 is 9.59 Å². The average molecular weight is 367 g/mol. The van der Waals surface area contributed by atoms with Gasteiger partial charge < -0.3 is 10.2 Å². The van der Waals surface area contributed by atoms with Gasteiger partial charge in [0.25, 0.3) is 0 Å². The van der Waals surface area contributed by atoms with Crippen LogP contribution in [0.25, 0.3) is 0 Å². The smallest absolute Gasteiger partial charge is 0.240 e. The highest BCUT2D eigenvalue weighted by Gasteiger charge is 2.22. The molecule has 2 aromatic carbocycles. The van der Waals surface area contributed by atoms with Crippen molar-refractivity contribution in [1.82, 2.24) is 0 Å². The number of benzene rings is 2. The van der Waals surface area contributed by atoms with Gasteiger partial charge in [-0.05, 0) is 43.3 Å². The van der Waals surface area contributed by atoms with E-state index >= 15 is 0 Å². The number of amides is 2. The SMILES string of the molecule is CC(=O)Nc1ccc(S[C@H](C)C(=O)N(CCC#N)c2ccccc2)cc1. The zero-order valence-corrected chi connectivity index (χ0v) is 15.6. The van der Waals surface area contributed by atoms with Gasteiger partial charge in [-0.1, -0.05) is 18.2 Å². The number of anilines is 2. The monoisotopic (exact) mass is 367 g/mol. The lowest BCUT2D eigenvalue weighted by molar-refractivity contribution is -0.118. The van der Waals surface area contributed by atoms with Crippen molar-refractivity contribution in [3.05, 3.63) is 54.6 Å². The molecule has 0 aromatic heterocycles. The highest BCUT2D eigenvalue weighted by atomic mass is 32.2. The van der Waals surface area contributed by atoms with Gasteiger partial charge in [0.1, 0.15) is 0 Å². The molecule has 0 saturated heterocycles. The molecule has 26 heavy (non-hydrogen) atoms. The summed E-state index contributed by atoms with van der Waals surface area (Å²) in [4.78, 5) is 26.6. The Bertz CT molecular complexity index is 785. The number of nitrogens with zero attached hydrogens (tertiary/aromatic N) is 2. The maximum atomic E-state index is 12.9. The third-order valence-corrected chi connectivity index (χ3v) is 4.72. The number of thioether (sulfide) groups is 1. The van der Waals surface area contributed by atoms with E-state index in [0.717, 1.165) is 16.3 Å². The predicted octanol–water partition coefficient (Wildman–Crippen LogP) is 4.07. The van der Waals surface area contributed by atoms with Gasteiger partial charge in [0, 0.05) is 29.7 Å². The molecule has 0 spiro atoms. The lowest BCUT2D eigenvalue weighted by Crippen LogP contribution is -2.37. The maximum absolute atomic E-state index is 12.9. The Morgan fingerprint density at radius 2 is 1.81 bits per heavy atom. The molecule has 5 nitrogen and oxygen atoms in total. The molecule has 134 valence electrons. The van der Waals surface area contributed by atoms with Gasteiger partial charge in [-0.3, -0.25) is 9.59 Å². The van der Waals surface area contributed by atoms with Crippen molar-refractivity contribution in [2.75, 3.05) is 16.8 Å². The summed E-state index contributed by atoms with van der Waals surface area (Å²) >= 11 is 1.45. The summed E-state index contributed by atoms with van der Waals surface area (Å²) in [7, 11) is 0. The molecule has 0 unspecified atom stereocenters. The van der Waals surface area contributed by atoms with Gasteiger partial charge in [0.2, 0.25) is 11.8 Å². The lowest BCUT2D eigenvalue weighted by atomic mass is 10.2. The van der Waals surface area contributed by atoms with Gasteiger partial charge >= 0.3 is 0 Å². The zero-order chi connectivity index (χ0) is 18.9. The Morgan fingerprint density at radius 1 is 1.15 bits per heavy atom. The molecule has 0 fully saturated rings. The number of para-hydroxylation sites is 1. The fraction of sp³-hybridized carbons (Fsp3) is 0.250. The predicted molar refractivity (Wildman–Crippen MR) is 105 cm³/mol. The first-order chi connectivity index (χ1) is 12.5. The van der Waals surface area contributed by atoms with Gasteiger partial charge in [-0.15, -0.1) is 11.8 Å². The van der Waals surface area contributed by atoms with Crippen LogP contribution in [0.4, 0.5) is 11.4 Å². The average Bonchev–Trinajstić information content (AvgIpc) is 2.64. The molecule has 0 saturated carbocycles. The Hall–Kier alpha value is -2.78. The summed E-state index contributed by atoms with van der Waals surface area (Å²) in [6.07, 6.45) is 0.281. The van der Waals surface area contributed by atoms with Crippen LogP contribution in [0.2, 0.25) is 0 Å². The number of carbonyl (C=O) groups is 2. The van der Waals surface area contributed by atoms with Crippen LogP contribution in [0.5, 0.6) is 0 Å². The van der Waals surface area contributed by atoms with E-state index in [0.29, 0.717) is 6.54 Å². The third kappa shape index (κ3) is 5.64. The number of rotatable bonds is 7. The summed E-state index contributed by atoms with van der Waals surface area (Å²) in [5.74, 6) is -0.160. The quantitative estimate of drug-likeness (QED) is 0.749. The summed E-state index contributed by atoms with van der Waals surface area (Å²) in [6.45, 7) is 3.69. The lowest BCUT2D eigenvalue weighted by Gasteiger charge is -2.25. The molecule has 0 aliphatic carbocycles. The number of hydrogen-bond donors (Lipinski definition) is 1. The van der Waals surface area contributed by atoms with Crippen molar-refractivity contribution in [3.63, 3.8) is 0 Å². The van der Waals surface area contributed by atoms with Crippen LogP contribution < -0.4 is 10.2 Å². The van der Waals surface area contributed by atoms with E-state index in [1.807, 2.05) is 61.5 Å². The van der Waals surface area contributed by atoms with Crippen LogP contribution in [-0.2, 0) is 9.59 Å². The summed E-state index contributed by atoms with van der Waals surface area (Å²) in [5, 5.41) is 11.3. The van der Waals surface area contributed by atoms with E-state index in [1.54, 1.807) is 4.90 Å². The molecule has 0 aliphatic rings. The molecule has 0 radical (unpaired) electrons. The van der Waals surface area contributed by atoms with Gasteiger partial charge in [-0.2, -0.15) is 5.26 Å². The van der Waals surface area contributed by atoms with E-state index in [-0.39, 0.29) is 23.5 Å². The minimum Gasteiger partial charge on any atom is -0.326 e. The highest BCUT2D eigenvalue weighted by Crippen LogP contribution is 2.27. The first kappa shape index (κ1) is 19.5. The summed E-state index contributed by atoms with van der Waals surface area (Å²) in [5.41, 5.74) is 1.52. The highest BCUT2D eigenvalue weighted by molar-refractivity contribution is 8.00. The Kier molecular flexibility index (Phi) is 7.24. The Morgan fingerprint density at radius 3 is 2.38 bits per heavy atom. The second kappa shape index (κ2) is 9.64. The van der Waals surface area contributed by atoms with Crippen molar-refractivity contribution >= 4 is 35.0 Å². The minimum absolute atomic E-state index is 0.0395. The molecule has 2 amide bonds. The van der Waals surface area contributed by atoms with Crippen molar-refractivity contribution in [2.24, 2.45) is 0 Å². The Balaban J connectivity index is 2.08. The number of hydrogen-bond acceptors (Lipinski definition) is 4. The second-order valence-corrected chi connectivity index (χ2v) is 7.11. The molecule has 1 N–H and O–H groups in total. The Labute approximate surface area is 158 Å². The van der Waals surface area contributed by atoms with Gasteiger partial charge in [0.15, 0.2) is 0 Å². The van der Waals surface area contributed by atoms with E-state index in [2.05, 4.69) is 11.4 Å². The van der Waals surface area contributed by atoms with Crippen molar-refractivity contribution in [2.45, 2.75) is 30.4 Å². The summed E-state index contributed by atoms with van der Waals surface area (Å²) in [6, 6.07) is 18.9. The molecule has 0 heterocycles. The molecular formula is C20H21N3O2S. The molecule has 0 aliphatic heterocycles. The van der Waals surface area contributed by atoms with E-state index in [9.17, 15) is 9.59 Å². The molecule has 0 bridgehead atoms. The number of nitriles is 1. The maximum Gasteiger partial charge on any atom is 0.240 e. The molecule has 2 rings (SSSR count). The van der Waals surface area contributed by atoms with Crippen LogP contribution >= 0.6 is 11.8 Å². The van der Waals surface area contributed by atoms with E-state index in [4.69, 9.17) is 5.26 Å². The van der Waals surface area contributed by atoms with Gasteiger partial charge in [0.05, 0.1) is 17.7 Å². The second-order valence-electron chi connectivity index (χ2n) is 5.70. The standard InChI is InChI=1S/C20H21N3O2S/c1-15(26-19-11-9-17(10-12-19)22-16(2)24)20(25)23(14-6-13-21)18-7-4-3-5-8-18/h3-5,7-12,15H,6,14H2,1-2H3,(H,22,24)/t15-/m1/s1. The molecule has 1 atom stereocenters. The summed E-state index contributed by atoms with van der Waals surface area (Å²) < 4.78 is 0. The molecular weight excluding hydrogens is 346 g/mol. The normalized spacial score (nSPS) is 11.3. The largest absolute Gasteiger partial charge is 0.326 e. The zero-order valence-electron chi connectivity index (χ0n) is 14.8. The molecule has 2 aromatic rings. The van der Waals surface area contributed by atoms with E-state index < -0.39 is 0 Å². The van der Waals surface area contributed by atoms with Gasteiger partial charge in [-0.25, -0.2) is 0 Å². The van der Waals surface area contributed by atoms with E-state index in [1.165, 1.54) is 18.7 Å². The van der Waals surface area contributed by atoms with Crippen LogP contribution in [0.3, 0.4) is 0 Å². The third-order valence-electron chi connectivity index (χ3n) is 3.62. The van der Waals surface area contributed by atoms with Crippen LogP contribution in [0.1, 0.15) is 20.3 Å². The van der Waals surface area contributed by atoms with Crippen LogP contribution in [0, 0.1) is 11.3 Å². The van der Waals surface area contributed by atoms with Crippen LogP contribution in [0.15, 0.2) is 59.5 Å². The number of carbonyl (C=O) groups excluding carboxylic acids is 2. The first-order valence-electron chi connectivity index (χ1n) is 8.29. The van der Waals surface area contributed by atoms with Crippen LogP contribution in [-0.4, -0.2) is 23.6 Å². The number of nitrogens with one attached hydrogen (secondary N) is 1. The fourth-order valence-electron chi connectivity index (χ4n) is 2.43. The molecule has 6 heteroatoms. The fourth-order valence-corrected chi connectivity index (χ4v) is 3.36. The first-order valence-corrected chi connectivity index (χ1v) is 9.17. The minimum atomic E-state index is -0.305. The topological polar surface area (TPSA) is 73.2 Å². The van der Waals surface area contributed by atoms with Crippen molar-refractivity contribution in [3.8, 4) is 6.07 Å². The van der Waals surface area contributed by atoms with Crippen molar-refractivity contribution in [1.29, 1.82) is 5.26 Å².